The summed E-state index contributed by atoms with van der Waals surface area (Å²) in [4.78, 5) is 29.3. The van der Waals surface area contributed by atoms with Crippen molar-refractivity contribution in [2.24, 2.45) is 0 Å². The average Bonchev–Trinajstić information content (AvgIpc) is 3.41. The van der Waals surface area contributed by atoms with Crippen molar-refractivity contribution in [1.82, 2.24) is 10.2 Å². The van der Waals surface area contributed by atoms with E-state index in [1.165, 1.54) is 12.1 Å². The summed E-state index contributed by atoms with van der Waals surface area (Å²) in [5, 5.41) is 4.96. The second kappa shape index (κ2) is 11.2. The van der Waals surface area contributed by atoms with Crippen molar-refractivity contribution >= 4 is 34.8 Å². The largest absolute Gasteiger partial charge is 0.497 e. The molecule has 0 aliphatic carbocycles. The first-order valence-electron chi connectivity index (χ1n) is 11.2. The Kier molecular flexibility index (Phi) is 7.89. The second-order valence-electron chi connectivity index (χ2n) is 8.05. The molecule has 0 saturated carbocycles. The van der Waals surface area contributed by atoms with E-state index in [1.54, 1.807) is 19.4 Å². The smallest absolute Gasteiger partial charge is 0.313 e. The molecular weight excluding hydrogens is 475 g/mol. The SMILES string of the molecule is COc1ccc(N2CCN(C(CNC(=O)C(=O)Nc3ccc(F)c(Cl)c3)c3ccco3)CC2)cc1. The van der Waals surface area contributed by atoms with E-state index in [9.17, 15) is 14.0 Å². The highest BCUT2D eigenvalue weighted by atomic mass is 35.5. The summed E-state index contributed by atoms with van der Waals surface area (Å²) in [6, 6.07) is 15.1. The molecule has 1 fully saturated rings. The molecule has 1 saturated heterocycles. The molecule has 2 aromatic carbocycles. The van der Waals surface area contributed by atoms with Crippen molar-refractivity contribution in [3.63, 3.8) is 0 Å². The van der Waals surface area contributed by atoms with Crippen molar-refractivity contribution in [3.05, 3.63) is 77.5 Å². The number of amides is 2. The lowest BCUT2D eigenvalue weighted by Crippen LogP contribution is -2.50. The summed E-state index contributed by atoms with van der Waals surface area (Å²) in [5.74, 6) is -0.766. The van der Waals surface area contributed by atoms with Crippen LogP contribution in [0.25, 0.3) is 0 Å². The first-order chi connectivity index (χ1) is 16.9. The minimum atomic E-state index is -0.866. The molecule has 10 heteroatoms. The second-order valence-corrected chi connectivity index (χ2v) is 8.45. The molecule has 0 bridgehead atoms. The van der Waals surface area contributed by atoms with Crippen LogP contribution >= 0.6 is 11.6 Å². The number of carbonyl (C=O) groups is 2. The van der Waals surface area contributed by atoms with Crippen LogP contribution in [0.15, 0.2) is 65.3 Å². The Hall–Kier alpha value is -3.56. The number of nitrogens with zero attached hydrogens (tertiary/aromatic N) is 2. The van der Waals surface area contributed by atoms with Gasteiger partial charge in [0, 0.05) is 44.1 Å². The third-order valence-electron chi connectivity index (χ3n) is 5.90. The van der Waals surface area contributed by atoms with Gasteiger partial charge in [-0.25, -0.2) is 4.39 Å². The van der Waals surface area contributed by atoms with E-state index in [1.807, 2.05) is 30.3 Å². The van der Waals surface area contributed by atoms with Gasteiger partial charge in [0.25, 0.3) is 0 Å². The molecule has 4 rings (SSSR count). The Morgan fingerprint density at radius 1 is 1.09 bits per heavy atom. The summed E-state index contributed by atoms with van der Waals surface area (Å²) >= 11 is 5.73. The molecule has 8 nitrogen and oxygen atoms in total. The van der Waals surface area contributed by atoms with Gasteiger partial charge in [0.15, 0.2) is 0 Å². The van der Waals surface area contributed by atoms with Gasteiger partial charge in [-0.2, -0.15) is 0 Å². The number of carbonyl (C=O) groups excluding carboxylic acids is 2. The zero-order valence-electron chi connectivity index (χ0n) is 19.2. The van der Waals surface area contributed by atoms with E-state index >= 15 is 0 Å². The fourth-order valence-corrected chi connectivity index (χ4v) is 4.19. The topological polar surface area (TPSA) is 87.0 Å². The van der Waals surface area contributed by atoms with E-state index < -0.39 is 17.6 Å². The molecule has 2 heterocycles. The molecule has 2 N–H and O–H groups in total. The van der Waals surface area contributed by atoms with Crippen LogP contribution < -0.4 is 20.3 Å². The predicted molar refractivity (Wildman–Crippen MR) is 131 cm³/mol. The monoisotopic (exact) mass is 500 g/mol. The lowest BCUT2D eigenvalue weighted by atomic mass is 10.1. The minimum absolute atomic E-state index is 0.144. The quantitative estimate of drug-likeness (QED) is 0.481. The summed E-state index contributed by atoms with van der Waals surface area (Å²) in [7, 11) is 1.64. The average molecular weight is 501 g/mol. The van der Waals surface area contributed by atoms with Gasteiger partial charge in [-0.3, -0.25) is 14.5 Å². The van der Waals surface area contributed by atoms with Gasteiger partial charge in [-0.15, -0.1) is 0 Å². The van der Waals surface area contributed by atoms with Crippen LogP contribution in [-0.2, 0) is 9.59 Å². The van der Waals surface area contributed by atoms with Crippen molar-refractivity contribution in [2.45, 2.75) is 6.04 Å². The molecule has 35 heavy (non-hydrogen) atoms. The number of piperazine rings is 1. The number of ether oxygens (including phenoxy) is 1. The van der Waals surface area contributed by atoms with Crippen molar-refractivity contribution in [1.29, 1.82) is 0 Å². The summed E-state index contributed by atoms with van der Waals surface area (Å²) in [6.07, 6.45) is 1.59. The molecule has 0 radical (unpaired) electrons. The maximum atomic E-state index is 13.3. The zero-order chi connectivity index (χ0) is 24.8. The van der Waals surface area contributed by atoms with E-state index in [4.69, 9.17) is 20.8 Å². The molecule has 1 aromatic heterocycles. The lowest BCUT2D eigenvalue weighted by Gasteiger charge is -2.39. The van der Waals surface area contributed by atoms with Gasteiger partial charge in [0.2, 0.25) is 0 Å². The van der Waals surface area contributed by atoms with Crippen molar-refractivity contribution < 1.29 is 23.1 Å². The van der Waals surface area contributed by atoms with Crippen LogP contribution in [0.2, 0.25) is 5.02 Å². The molecule has 1 aliphatic rings. The number of rotatable bonds is 7. The van der Waals surface area contributed by atoms with Crippen molar-refractivity contribution in [2.75, 3.05) is 50.1 Å². The third-order valence-corrected chi connectivity index (χ3v) is 6.19. The molecule has 1 atom stereocenters. The van der Waals surface area contributed by atoms with Gasteiger partial charge in [-0.05, 0) is 54.6 Å². The number of halogens is 2. The number of benzene rings is 2. The summed E-state index contributed by atoms with van der Waals surface area (Å²) < 4.78 is 24.2. The molecule has 184 valence electrons. The van der Waals surface area contributed by atoms with Gasteiger partial charge in [-0.1, -0.05) is 11.6 Å². The number of furan rings is 1. The highest BCUT2D eigenvalue weighted by Crippen LogP contribution is 2.25. The van der Waals surface area contributed by atoms with E-state index in [-0.39, 0.29) is 23.3 Å². The molecule has 0 spiro atoms. The zero-order valence-corrected chi connectivity index (χ0v) is 19.9. The fraction of sp³-hybridized carbons (Fsp3) is 0.280. The van der Waals surface area contributed by atoms with Gasteiger partial charge < -0.3 is 24.7 Å². The van der Waals surface area contributed by atoms with E-state index in [2.05, 4.69) is 20.4 Å². The van der Waals surface area contributed by atoms with Crippen LogP contribution in [-0.4, -0.2) is 56.5 Å². The van der Waals surface area contributed by atoms with Crippen LogP contribution in [0.1, 0.15) is 11.8 Å². The maximum absolute atomic E-state index is 13.3. The van der Waals surface area contributed by atoms with Gasteiger partial charge >= 0.3 is 11.8 Å². The molecule has 3 aromatic rings. The Balaban J connectivity index is 1.35. The third kappa shape index (κ3) is 6.12. The van der Waals surface area contributed by atoms with Crippen LogP contribution in [0.3, 0.4) is 0 Å². The predicted octanol–water partition coefficient (Wildman–Crippen LogP) is 3.70. The number of methoxy groups -OCH3 is 1. The highest BCUT2D eigenvalue weighted by Gasteiger charge is 2.28. The first kappa shape index (κ1) is 24.6. The molecule has 2 amide bonds. The lowest BCUT2D eigenvalue weighted by molar-refractivity contribution is -0.136. The highest BCUT2D eigenvalue weighted by molar-refractivity contribution is 6.39. The Labute approximate surface area is 207 Å². The van der Waals surface area contributed by atoms with Crippen molar-refractivity contribution in [3.8, 4) is 5.75 Å². The summed E-state index contributed by atoms with van der Waals surface area (Å²) in [5.41, 5.74) is 1.35. The van der Waals surface area contributed by atoms with Crippen LogP contribution in [0, 0.1) is 5.82 Å². The van der Waals surface area contributed by atoms with E-state index in [0.29, 0.717) is 5.76 Å². The number of hydrogen-bond donors (Lipinski definition) is 2. The summed E-state index contributed by atoms with van der Waals surface area (Å²) in [6.45, 7) is 3.26. The molecule has 1 unspecified atom stereocenters. The number of anilines is 2. The Morgan fingerprint density at radius 2 is 1.83 bits per heavy atom. The Morgan fingerprint density at radius 3 is 2.46 bits per heavy atom. The first-order valence-corrected chi connectivity index (χ1v) is 11.5. The minimum Gasteiger partial charge on any atom is -0.497 e. The maximum Gasteiger partial charge on any atom is 0.313 e. The van der Waals surface area contributed by atoms with Crippen LogP contribution in [0.5, 0.6) is 5.75 Å². The molecular formula is C25H26ClFN4O4. The number of nitrogens with one attached hydrogen (secondary N) is 2. The van der Waals surface area contributed by atoms with Crippen LogP contribution in [0.4, 0.5) is 15.8 Å². The van der Waals surface area contributed by atoms with Gasteiger partial charge in [0.05, 0.1) is 24.4 Å². The van der Waals surface area contributed by atoms with Gasteiger partial charge in [0.1, 0.15) is 17.3 Å². The fourth-order valence-electron chi connectivity index (χ4n) is 4.01. The Bertz CT molecular complexity index is 1150. The number of hydrogen-bond acceptors (Lipinski definition) is 6. The standard InChI is InChI=1S/C25H26ClFN4O4/c1-34-19-7-5-18(6-8-19)30-10-12-31(13-11-30)22(23-3-2-14-35-23)16-28-24(32)25(33)29-17-4-9-21(27)20(26)15-17/h2-9,14-15,22H,10-13,16H2,1H3,(H,28,32)(H,29,33). The normalized spacial score (nSPS) is 14.9. The van der Waals surface area contributed by atoms with E-state index in [0.717, 1.165) is 43.7 Å². The molecule has 1 aliphatic heterocycles.